The van der Waals surface area contributed by atoms with Gasteiger partial charge in [0.25, 0.3) is 5.69 Å². The molecule has 152 valence electrons. The third-order valence-electron chi connectivity index (χ3n) is 3.93. The average Bonchev–Trinajstić information content (AvgIpc) is 3.12. The monoisotopic (exact) mass is 435 g/mol. The number of nitrogens with zero attached hydrogens (tertiary/aromatic N) is 2. The van der Waals surface area contributed by atoms with E-state index in [4.69, 9.17) is 16.3 Å². The second-order valence-corrected chi connectivity index (χ2v) is 7.28. The van der Waals surface area contributed by atoms with Crippen molar-refractivity contribution in [3.05, 3.63) is 51.5 Å². The lowest BCUT2D eigenvalue weighted by Crippen LogP contribution is -2.30. The van der Waals surface area contributed by atoms with Crippen molar-refractivity contribution in [1.29, 1.82) is 0 Å². The van der Waals surface area contributed by atoms with Gasteiger partial charge in [-0.15, -0.1) is 0 Å². The number of hydrogen-bond donors (Lipinski definition) is 3. The van der Waals surface area contributed by atoms with E-state index in [0.29, 0.717) is 23.9 Å². The molecule has 3 aromatic rings. The molecule has 0 saturated heterocycles. The molecule has 0 aliphatic rings. The molecule has 2 aromatic carbocycles. The predicted molar refractivity (Wildman–Crippen MR) is 113 cm³/mol. The van der Waals surface area contributed by atoms with Gasteiger partial charge in [0, 0.05) is 31.3 Å². The third kappa shape index (κ3) is 5.52. The molecule has 0 bridgehead atoms. The number of benzene rings is 2. The fourth-order valence-electron chi connectivity index (χ4n) is 2.51. The number of nitro groups is 1. The summed E-state index contributed by atoms with van der Waals surface area (Å²) in [6, 6.07) is 9.71. The first-order valence-corrected chi connectivity index (χ1v) is 9.93. The van der Waals surface area contributed by atoms with Crippen LogP contribution in [0.5, 0.6) is 5.75 Å². The van der Waals surface area contributed by atoms with Crippen LogP contribution in [0.4, 0.5) is 11.4 Å². The van der Waals surface area contributed by atoms with Gasteiger partial charge in [0.1, 0.15) is 5.75 Å². The van der Waals surface area contributed by atoms with Crippen LogP contribution in [0, 0.1) is 10.1 Å². The van der Waals surface area contributed by atoms with Crippen LogP contribution in [0.15, 0.2) is 41.6 Å². The van der Waals surface area contributed by atoms with Gasteiger partial charge in [0.15, 0.2) is 5.16 Å². The number of halogens is 1. The molecule has 0 aliphatic carbocycles. The molecule has 1 heterocycles. The number of hydrogen-bond acceptors (Lipinski definition) is 7. The Kier molecular flexibility index (Phi) is 6.78. The minimum Gasteiger partial charge on any atom is -0.497 e. The van der Waals surface area contributed by atoms with Gasteiger partial charge in [0.2, 0.25) is 5.91 Å². The normalized spacial score (nSPS) is 10.7. The van der Waals surface area contributed by atoms with Gasteiger partial charge in [-0.05, 0) is 18.2 Å². The number of methoxy groups -OCH3 is 1. The number of carbonyl (C=O) groups is 1. The van der Waals surface area contributed by atoms with E-state index in [9.17, 15) is 14.9 Å². The Labute approximate surface area is 175 Å². The zero-order valence-corrected chi connectivity index (χ0v) is 17.0. The fraction of sp³-hybridized carbons (Fsp3) is 0.222. The highest BCUT2D eigenvalue weighted by molar-refractivity contribution is 7.99. The van der Waals surface area contributed by atoms with Crippen LogP contribution in [0.2, 0.25) is 5.02 Å². The number of ether oxygens (including phenoxy) is 1. The molecule has 9 nitrogen and oxygen atoms in total. The number of H-pyrrole nitrogens is 1. The summed E-state index contributed by atoms with van der Waals surface area (Å²) in [6.07, 6.45) is 0. The Balaban J connectivity index is 1.42. The minimum absolute atomic E-state index is 0.0742. The standard InChI is InChI=1S/C18H18ClN5O4S/c1-28-12-3-5-15-16(9-12)23-18(22-15)29-10-17(25)21-7-6-20-14-4-2-11(24(26)27)8-13(14)19/h2-5,8-9,20H,6-7,10H2,1H3,(H,21,25)(H,22,23). The molecule has 0 spiro atoms. The van der Waals surface area contributed by atoms with Crippen molar-refractivity contribution in [2.24, 2.45) is 0 Å². The van der Waals surface area contributed by atoms with E-state index in [0.717, 1.165) is 16.8 Å². The summed E-state index contributed by atoms with van der Waals surface area (Å²) in [5.41, 5.74) is 2.14. The maximum Gasteiger partial charge on any atom is 0.271 e. The quantitative estimate of drug-likeness (QED) is 0.203. The van der Waals surface area contributed by atoms with Crippen LogP contribution in [-0.2, 0) is 4.79 Å². The number of amides is 1. The number of thioether (sulfide) groups is 1. The van der Waals surface area contributed by atoms with Crippen molar-refractivity contribution >= 4 is 51.7 Å². The number of fused-ring (bicyclic) bond motifs is 1. The van der Waals surface area contributed by atoms with Gasteiger partial charge in [-0.25, -0.2) is 4.98 Å². The number of non-ortho nitro benzene ring substituents is 1. The molecule has 0 atom stereocenters. The van der Waals surface area contributed by atoms with E-state index in [2.05, 4.69) is 20.6 Å². The Morgan fingerprint density at radius 1 is 1.31 bits per heavy atom. The molecule has 3 rings (SSSR count). The van der Waals surface area contributed by atoms with Crippen LogP contribution >= 0.6 is 23.4 Å². The smallest absolute Gasteiger partial charge is 0.271 e. The molecule has 0 saturated carbocycles. The second-order valence-electron chi connectivity index (χ2n) is 5.91. The van der Waals surface area contributed by atoms with Gasteiger partial charge in [-0.2, -0.15) is 0 Å². The summed E-state index contributed by atoms with van der Waals surface area (Å²) in [6.45, 7) is 0.808. The molecule has 1 amide bonds. The Bertz CT molecular complexity index is 1040. The van der Waals surface area contributed by atoms with Crippen molar-refractivity contribution in [3.63, 3.8) is 0 Å². The van der Waals surface area contributed by atoms with Crippen molar-refractivity contribution in [1.82, 2.24) is 15.3 Å². The van der Waals surface area contributed by atoms with E-state index in [1.165, 1.54) is 30.0 Å². The molecule has 3 N–H and O–H groups in total. The van der Waals surface area contributed by atoms with E-state index >= 15 is 0 Å². The van der Waals surface area contributed by atoms with Gasteiger partial charge in [-0.3, -0.25) is 14.9 Å². The Morgan fingerprint density at radius 3 is 2.86 bits per heavy atom. The third-order valence-corrected chi connectivity index (χ3v) is 5.12. The van der Waals surface area contributed by atoms with Crippen LogP contribution in [0.25, 0.3) is 11.0 Å². The van der Waals surface area contributed by atoms with Gasteiger partial charge < -0.3 is 20.4 Å². The molecular weight excluding hydrogens is 418 g/mol. The van der Waals surface area contributed by atoms with E-state index < -0.39 is 4.92 Å². The number of nitro benzene ring substituents is 1. The number of anilines is 1. The van der Waals surface area contributed by atoms with Crippen molar-refractivity contribution in [2.75, 3.05) is 31.3 Å². The molecule has 11 heteroatoms. The summed E-state index contributed by atoms with van der Waals surface area (Å²) in [4.78, 5) is 29.8. The highest BCUT2D eigenvalue weighted by atomic mass is 35.5. The summed E-state index contributed by atoms with van der Waals surface area (Å²) < 4.78 is 5.18. The lowest BCUT2D eigenvalue weighted by molar-refractivity contribution is -0.384. The summed E-state index contributed by atoms with van der Waals surface area (Å²) in [5, 5.41) is 17.4. The number of aromatic nitrogens is 2. The first-order valence-electron chi connectivity index (χ1n) is 8.57. The molecular formula is C18H18ClN5O4S. The van der Waals surface area contributed by atoms with E-state index in [1.54, 1.807) is 7.11 Å². The Morgan fingerprint density at radius 2 is 2.14 bits per heavy atom. The molecule has 0 aliphatic heterocycles. The van der Waals surface area contributed by atoms with Crippen molar-refractivity contribution in [2.45, 2.75) is 5.16 Å². The predicted octanol–water partition coefficient (Wildman–Crippen LogP) is 3.45. The number of aromatic amines is 1. The van der Waals surface area contributed by atoms with Crippen molar-refractivity contribution in [3.8, 4) is 5.75 Å². The summed E-state index contributed by atoms with van der Waals surface area (Å²) in [5.74, 6) is 0.815. The zero-order chi connectivity index (χ0) is 20.8. The van der Waals surface area contributed by atoms with Crippen LogP contribution in [0.1, 0.15) is 0 Å². The highest BCUT2D eigenvalue weighted by Gasteiger charge is 2.10. The minimum atomic E-state index is -0.508. The number of rotatable bonds is 9. The van der Waals surface area contributed by atoms with Gasteiger partial charge in [-0.1, -0.05) is 23.4 Å². The Hall–Kier alpha value is -2.98. The van der Waals surface area contributed by atoms with E-state index in [1.807, 2.05) is 18.2 Å². The average molecular weight is 436 g/mol. The van der Waals surface area contributed by atoms with Crippen LogP contribution < -0.4 is 15.4 Å². The molecule has 29 heavy (non-hydrogen) atoms. The first-order chi connectivity index (χ1) is 14.0. The van der Waals surface area contributed by atoms with Crippen LogP contribution in [-0.4, -0.2) is 46.8 Å². The SMILES string of the molecule is COc1ccc2nc(SCC(=O)NCCNc3ccc([N+](=O)[O-])cc3Cl)[nH]c2c1. The number of carbonyl (C=O) groups excluding carboxylic acids is 1. The van der Waals surface area contributed by atoms with E-state index in [-0.39, 0.29) is 22.4 Å². The number of imidazole rings is 1. The summed E-state index contributed by atoms with van der Waals surface area (Å²) >= 11 is 7.31. The fourth-order valence-corrected chi connectivity index (χ4v) is 3.46. The zero-order valence-electron chi connectivity index (χ0n) is 15.4. The van der Waals surface area contributed by atoms with Gasteiger partial charge in [0.05, 0.1) is 39.5 Å². The molecule has 0 fully saturated rings. The van der Waals surface area contributed by atoms with Crippen LogP contribution in [0.3, 0.4) is 0 Å². The van der Waals surface area contributed by atoms with Crippen molar-refractivity contribution < 1.29 is 14.5 Å². The lowest BCUT2D eigenvalue weighted by Gasteiger charge is -2.09. The molecule has 0 radical (unpaired) electrons. The first kappa shape index (κ1) is 20.7. The lowest BCUT2D eigenvalue weighted by atomic mass is 10.3. The molecule has 0 unspecified atom stereocenters. The van der Waals surface area contributed by atoms with Gasteiger partial charge >= 0.3 is 0 Å². The highest BCUT2D eigenvalue weighted by Crippen LogP contribution is 2.26. The topological polar surface area (TPSA) is 122 Å². The molecule has 1 aromatic heterocycles. The second kappa shape index (κ2) is 9.48. The summed E-state index contributed by atoms with van der Waals surface area (Å²) in [7, 11) is 1.60. The maximum atomic E-state index is 12.0. The maximum absolute atomic E-state index is 12.0. The largest absolute Gasteiger partial charge is 0.497 e. The number of nitrogens with one attached hydrogen (secondary N) is 3.